The number of ether oxygens (including phenoxy) is 1. The molecule has 0 bridgehead atoms. The molecule has 14 heavy (non-hydrogen) atoms. The van der Waals surface area contributed by atoms with Crippen molar-refractivity contribution in [1.29, 1.82) is 0 Å². The van der Waals surface area contributed by atoms with Crippen LogP contribution in [0.3, 0.4) is 0 Å². The Kier molecular flexibility index (Phi) is 3.09. The molecule has 2 saturated carbocycles. The van der Waals surface area contributed by atoms with Gasteiger partial charge in [-0.2, -0.15) is 0 Å². The van der Waals surface area contributed by atoms with Crippen molar-refractivity contribution in [3.63, 3.8) is 0 Å². The third-order valence-electron chi connectivity index (χ3n) is 3.86. The van der Waals surface area contributed by atoms with Crippen molar-refractivity contribution in [2.45, 2.75) is 45.4 Å². The Hall–Kier alpha value is -0.530. The molecule has 0 amide bonds. The van der Waals surface area contributed by atoms with Gasteiger partial charge >= 0.3 is 5.97 Å². The lowest BCUT2D eigenvalue weighted by Crippen LogP contribution is -2.12. The molecular formula is C12H20O2. The maximum atomic E-state index is 10.7. The smallest absolute Gasteiger partial charge is 0.302 e. The van der Waals surface area contributed by atoms with Gasteiger partial charge < -0.3 is 4.74 Å². The van der Waals surface area contributed by atoms with Crippen molar-refractivity contribution in [1.82, 2.24) is 0 Å². The van der Waals surface area contributed by atoms with Gasteiger partial charge in [-0.3, -0.25) is 4.79 Å². The minimum atomic E-state index is -0.125. The Labute approximate surface area is 86.0 Å². The second-order valence-electron chi connectivity index (χ2n) is 4.94. The summed E-state index contributed by atoms with van der Waals surface area (Å²) in [7, 11) is 0. The maximum absolute atomic E-state index is 10.7. The maximum Gasteiger partial charge on any atom is 0.302 e. The molecule has 2 nitrogen and oxygen atoms in total. The Morgan fingerprint density at radius 3 is 2.29 bits per heavy atom. The van der Waals surface area contributed by atoms with E-state index < -0.39 is 0 Å². The number of fused-ring (bicyclic) bond motifs is 1. The van der Waals surface area contributed by atoms with E-state index in [9.17, 15) is 4.79 Å². The van der Waals surface area contributed by atoms with Crippen molar-refractivity contribution < 1.29 is 9.53 Å². The summed E-state index contributed by atoms with van der Waals surface area (Å²) in [5, 5.41) is 0. The van der Waals surface area contributed by atoms with Gasteiger partial charge in [-0.05, 0) is 30.6 Å². The van der Waals surface area contributed by atoms with E-state index in [1.54, 1.807) is 0 Å². The minimum Gasteiger partial charge on any atom is -0.466 e. The largest absolute Gasteiger partial charge is 0.466 e. The minimum absolute atomic E-state index is 0.125. The van der Waals surface area contributed by atoms with Crippen LogP contribution in [0.15, 0.2) is 0 Å². The molecule has 0 radical (unpaired) electrons. The first-order chi connectivity index (χ1) is 6.75. The van der Waals surface area contributed by atoms with Crippen LogP contribution >= 0.6 is 0 Å². The van der Waals surface area contributed by atoms with Crippen molar-refractivity contribution >= 4 is 5.97 Å². The fourth-order valence-electron chi connectivity index (χ4n) is 3.23. The molecule has 0 aliphatic heterocycles. The van der Waals surface area contributed by atoms with E-state index in [0.29, 0.717) is 12.5 Å². The van der Waals surface area contributed by atoms with E-state index in [-0.39, 0.29) is 5.97 Å². The van der Waals surface area contributed by atoms with Crippen LogP contribution in [0, 0.1) is 17.8 Å². The first kappa shape index (κ1) is 10.0. The summed E-state index contributed by atoms with van der Waals surface area (Å²) in [4.78, 5) is 10.7. The molecule has 2 aliphatic carbocycles. The normalized spacial score (nSPS) is 36.5. The van der Waals surface area contributed by atoms with E-state index in [0.717, 1.165) is 11.8 Å². The molecule has 0 spiro atoms. The van der Waals surface area contributed by atoms with Crippen LogP contribution in [-0.2, 0) is 9.53 Å². The summed E-state index contributed by atoms with van der Waals surface area (Å²) in [5.41, 5.74) is 0. The van der Waals surface area contributed by atoms with Gasteiger partial charge in [-0.15, -0.1) is 0 Å². The Morgan fingerprint density at radius 2 is 1.79 bits per heavy atom. The highest BCUT2D eigenvalue weighted by Crippen LogP contribution is 2.45. The standard InChI is InChI=1S/C12H20O2/c1-9(13)14-8-10-6-11-4-2-3-5-12(11)7-10/h10-12H,2-8H2,1H3. The predicted molar refractivity (Wildman–Crippen MR) is 54.8 cm³/mol. The average Bonchev–Trinajstić information content (AvgIpc) is 2.57. The van der Waals surface area contributed by atoms with E-state index in [2.05, 4.69) is 0 Å². The molecule has 0 aromatic heterocycles. The van der Waals surface area contributed by atoms with Gasteiger partial charge in [0.05, 0.1) is 6.61 Å². The van der Waals surface area contributed by atoms with Crippen molar-refractivity contribution in [2.75, 3.05) is 6.61 Å². The third-order valence-corrected chi connectivity index (χ3v) is 3.86. The SMILES string of the molecule is CC(=O)OCC1CC2CCCCC2C1. The Morgan fingerprint density at radius 1 is 1.21 bits per heavy atom. The summed E-state index contributed by atoms with van der Waals surface area (Å²) in [5.74, 6) is 2.43. The number of carbonyl (C=O) groups excluding carboxylic acids is 1. The summed E-state index contributed by atoms with van der Waals surface area (Å²) < 4.78 is 5.09. The van der Waals surface area contributed by atoms with Gasteiger partial charge in [-0.1, -0.05) is 25.7 Å². The fourth-order valence-corrected chi connectivity index (χ4v) is 3.23. The summed E-state index contributed by atoms with van der Waals surface area (Å²) >= 11 is 0. The third kappa shape index (κ3) is 2.28. The molecule has 0 aromatic rings. The van der Waals surface area contributed by atoms with Gasteiger partial charge in [-0.25, -0.2) is 0 Å². The van der Waals surface area contributed by atoms with Crippen molar-refractivity contribution in [2.24, 2.45) is 17.8 Å². The van der Waals surface area contributed by atoms with Gasteiger partial charge in [0.15, 0.2) is 0 Å². The van der Waals surface area contributed by atoms with Gasteiger partial charge in [0.1, 0.15) is 0 Å². The topological polar surface area (TPSA) is 26.3 Å². The molecule has 2 aliphatic rings. The lowest BCUT2D eigenvalue weighted by molar-refractivity contribution is -0.142. The van der Waals surface area contributed by atoms with Crippen molar-refractivity contribution in [3.8, 4) is 0 Å². The van der Waals surface area contributed by atoms with E-state index in [1.165, 1.54) is 45.4 Å². The molecular weight excluding hydrogens is 176 g/mol. The summed E-state index contributed by atoms with van der Waals surface area (Å²) in [6.07, 6.45) is 8.28. The quantitative estimate of drug-likeness (QED) is 0.635. The van der Waals surface area contributed by atoms with Crippen LogP contribution in [0.1, 0.15) is 45.4 Å². The molecule has 2 rings (SSSR count). The van der Waals surface area contributed by atoms with Crippen LogP contribution in [0.2, 0.25) is 0 Å². The van der Waals surface area contributed by atoms with E-state index in [4.69, 9.17) is 4.74 Å². The van der Waals surface area contributed by atoms with E-state index in [1.807, 2.05) is 0 Å². The van der Waals surface area contributed by atoms with Crippen LogP contribution in [0.5, 0.6) is 0 Å². The fraction of sp³-hybridized carbons (Fsp3) is 0.917. The van der Waals surface area contributed by atoms with E-state index >= 15 is 0 Å². The molecule has 80 valence electrons. The molecule has 2 unspecified atom stereocenters. The predicted octanol–water partition coefficient (Wildman–Crippen LogP) is 2.77. The second kappa shape index (κ2) is 4.33. The summed E-state index contributed by atoms with van der Waals surface area (Å²) in [6, 6.07) is 0. The monoisotopic (exact) mass is 196 g/mol. The molecule has 2 atom stereocenters. The molecule has 0 saturated heterocycles. The number of esters is 1. The van der Waals surface area contributed by atoms with Gasteiger partial charge in [0.2, 0.25) is 0 Å². The van der Waals surface area contributed by atoms with Crippen LogP contribution in [-0.4, -0.2) is 12.6 Å². The zero-order chi connectivity index (χ0) is 9.97. The molecule has 2 heteroatoms. The van der Waals surface area contributed by atoms with Crippen LogP contribution in [0.25, 0.3) is 0 Å². The Bertz CT molecular complexity index is 198. The number of carbonyl (C=O) groups is 1. The molecule has 0 aromatic carbocycles. The highest BCUT2D eigenvalue weighted by molar-refractivity contribution is 5.65. The highest BCUT2D eigenvalue weighted by atomic mass is 16.5. The molecule has 0 N–H and O–H groups in total. The number of rotatable bonds is 2. The molecule has 2 fully saturated rings. The van der Waals surface area contributed by atoms with Crippen LogP contribution < -0.4 is 0 Å². The van der Waals surface area contributed by atoms with Gasteiger partial charge in [0.25, 0.3) is 0 Å². The zero-order valence-electron chi connectivity index (χ0n) is 9.00. The Balaban J connectivity index is 1.78. The lowest BCUT2D eigenvalue weighted by atomic mass is 9.82. The number of hydrogen-bond donors (Lipinski definition) is 0. The summed E-state index contributed by atoms with van der Waals surface area (Å²) in [6.45, 7) is 2.17. The number of hydrogen-bond acceptors (Lipinski definition) is 2. The first-order valence-corrected chi connectivity index (χ1v) is 5.89. The highest BCUT2D eigenvalue weighted by Gasteiger charge is 2.35. The van der Waals surface area contributed by atoms with Crippen molar-refractivity contribution in [3.05, 3.63) is 0 Å². The lowest BCUT2D eigenvalue weighted by Gasteiger charge is -2.24. The van der Waals surface area contributed by atoms with Gasteiger partial charge in [0, 0.05) is 6.92 Å². The first-order valence-electron chi connectivity index (χ1n) is 5.89. The second-order valence-corrected chi connectivity index (χ2v) is 4.94. The zero-order valence-corrected chi connectivity index (χ0v) is 9.00. The van der Waals surface area contributed by atoms with Crippen LogP contribution in [0.4, 0.5) is 0 Å². The average molecular weight is 196 g/mol. The molecule has 0 heterocycles.